The van der Waals surface area contributed by atoms with E-state index in [0.717, 1.165) is 42.5 Å². The van der Waals surface area contributed by atoms with Gasteiger partial charge in [0.1, 0.15) is 17.5 Å². The van der Waals surface area contributed by atoms with E-state index in [0.29, 0.717) is 5.41 Å². The normalized spacial score (nSPS) is 17.6. The second kappa shape index (κ2) is 5.95. The van der Waals surface area contributed by atoms with E-state index in [1.54, 1.807) is 0 Å². The predicted molar refractivity (Wildman–Crippen MR) is 83.8 cm³/mol. The van der Waals surface area contributed by atoms with E-state index in [4.69, 9.17) is 10.8 Å². The maximum atomic E-state index is 5.59. The molecule has 0 amide bonds. The van der Waals surface area contributed by atoms with Gasteiger partial charge in [-0.25, -0.2) is 15.8 Å². The molecule has 0 aromatic carbocycles. The van der Waals surface area contributed by atoms with Crippen molar-refractivity contribution in [1.82, 2.24) is 9.97 Å². The summed E-state index contributed by atoms with van der Waals surface area (Å²) in [5, 5.41) is 0. The summed E-state index contributed by atoms with van der Waals surface area (Å²) >= 11 is 0. The number of hydrogen-bond donors (Lipinski definition) is 2. The number of nitrogens with one attached hydrogen (secondary N) is 1. The lowest BCUT2D eigenvalue weighted by molar-refractivity contribution is 0.301. The fraction of sp³-hybridized carbons (Fsp3) is 0.733. The van der Waals surface area contributed by atoms with Crippen molar-refractivity contribution >= 4 is 11.6 Å². The number of nitrogens with two attached hydrogens (primary N) is 1. The van der Waals surface area contributed by atoms with E-state index < -0.39 is 0 Å². The highest BCUT2D eigenvalue weighted by molar-refractivity contribution is 5.58. The van der Waals surface area contributed by atoms with Gasteiger partial charge in [-0.1, -0.05) is 20.8 Å². The van der Waals surface area contributed by atoms with Gasteiger partial charge in [0, 0.05) is 25.1 Å². The molecule has 0 saturated carbocycles. The average molecular weight is 277 g/mol. The summed E-state index contributed by atoms with van der Waals surface area (Å²) in [5.74, 6) is 8.24. The Balaban J connectivity index is 2.34. The molecule has 2 rings (SSSR count). The van der Waals surface area contributed by atoms with Crippen LogP contribution in [0.2, 0.25) is 0 Å². The smallest absolute Gasteiger partial charge is 0.148 e. The molecule has 1 aliphatic heterocycles. The molecule has 1 aliphatic rings. The van der Waals surface area contributed by atoms with Gasteiger partial charge in [0.15, 0.2) is 0 Å². The second-order valence-electron chi connectivity index (χ2n) is 5.81. The SMILES string of the molecule is CCc1nc(NN)c(C)c(N2CCC(CC)(CC)C2)n1. The maximum absolute atomic E-state index is 5.59. The van der Waals surface area contributed by atoms with Crippen LogP contribution in [0, 0.1) is 12.3 Å². The molecule has 112 valence electrons. The van der Waals surface area contributed by atoms with Crippen molar-refractivity contribution in [2.24, 2.45) is 11.3 Å². The molecule has 0 bridgehead atoms. The number of nitrogen functional groups attached to an aromatic ring is 1. The lowest BCUT2D eigenvalue weighted by atomic mass is 9.82. The number of anilines is 2. The quantitative estimate of drug-likeness (QED) is 0.640. The van der Waals surface area contributed by atoms with Crippen molar-refractivity contribution in [3.8, 4) is 0 Å². The topological polar surface area (TPSA) is 67.1 Å². The molecule has 2 heterocycles. The Bertz CT molecular complexity index is 468. The van der Waals surface area contributed by atoms with Gasteiger partial charge in [0.2, 0.25) is 0 Å². The monoisotopic (exact) mass is 277 g/mol. The molecule has 0 spiro atoms. The molecule has 3 N–H and O–H groups in total. The summed E-state index contributed by atoms with van der Waals surface area (Å²) in [6.07, 6.45) is 4.53. The van der Waals surface area contributed by atoms with E-state index in [1.807, 2.05) is 6.92 Å². The summed E-state index contributed by atoms with van der Waals surface area (Å²) in [7, 11) is 0. The van der Waals surface area contributed by atoms with Gasteiger partial charge in [-0.15, -0.1) is 0 Å². The van der Waals surface area contributed by atoms with E-state index in [1.165, 1.54) is 19.3 Å². The zero-order chi connectivity index (χ0) is 14.8. The fourth-order valence-corrected chi connectivity index (χ4v) is 3.10. The van der Waals surface area contributed by atoms with Gasteiger partial charge in [-0.2, -0.15) is 0 Å². The molecule has 20 heavy (non-hydrogen) atoms. The number of nitrogens with zero attached hydrogens (tertiary/aromatic N) is 3. The van der Waals surface area contributed by atoms with E-state index in [-0.39, 0.29) is 0 Å². The van der Waals surface area contributed by atoms with Crippen LogP contribution in [0.1, 0.15) is 51.4 Å². The second-order valence-corrected chi connectivity index (χ2v) is 5.81. The van der Waals surface area contributed by atoms with Gasteiger partial charge in [-0.3, -0.25) is 0 Å². The Morgan fingerprint density at radius 1 is 1.25 bits per heavy atom. The van der Waals surface area contributed by atoms with Crippen molar-refractivity contribution in [3.05, 3.63) is 11.4 Å². The fourth-order valence-electron chi connectivity index (χ4n) is 3.10. The van der Waals surface area contributed by atoms with Crippen molar-refractivity contribution < 1.29 is 0 Å². The van der Waals surface area contributed by atoms with Crippen LogP contribution in [0.5, 0.6) is 0 Å². The Morgan fingerprint density at radius 2 is 1.95 bits per heavy atom. The van der Waals surface area contributed by atoms with E-state index >= 15 is 0 Å². The molecule has 1 fully saturated rings. The zero-order valence-corrected chi connectivity index (χ0v) is 13.2. The van der Waals surface area contributed by atoms with Crippen LogP contribution in [0.4, 0.5) is 11.6 Å². The van der Waals surface area contributed by atoms with Gasteiger partial charge in [0.05, 0.1) is 0 Å². The lowest BCUT2D eigenvalue weighted by Crippen LogP contribution is -2.28. The van der Waals surface area contributed by atoms with Crippen LogP contribution in [0.3, 0.4) is 0 Å². The van der Waals surface area contributed by atoms with E-state index in [2.05, 4.69) is 36.1 Å². The Kier molecular flexibility index (Phi) is 4.48. The van der Waals surface area contributed by atoms with Crippen LogP contribution in [0.25, 0.3) is 0 Å². The van der Waals surface area contributed by atoms with Crippen LogP contribution in [-0.2, 0) is 6.42 Å². The molecule has 0 aliphatic carbocycles. The van der Waals surface area contributed by atoms with Gasteiger partial charge in [-0.05, 0) is 31.6 Å². The van der Waals surface area contributed by atoms with Crippen molar-refractivity contribution in [2.45, 2.75) is 53.4 Å². The molecule has 1 saturated heterocycles. The Labute approximate surface area is 121 Å². The first-order valence-electron chi connectivity index (χ1n) is 7.68. The van der Waals surface area contributed by atoms with Crippen LogP contribution >= 0.6 is 0 Å². The van der Waals surface area contributed by atoms with Crippen LogP contribution < -0.4 is 16.2 Å². The summed E-state index contributed by atoms with van der Waals surface area (Å²) in [4.78, 5) is 11.6. The van der Waals surface area contributed by atoms with Gasteiger partial charge >= 0.3 is 0 Å². The summed E-state index contributed by atoms with van der Waals surface area (Å²) in [6, 6.07) is 0. The predicted octanol–water partition coefficient (Wildman–Crippen LogP) is 2.65. The first-order valence-corrected chi connectivity index (χ1v) is 7.68. The molecule has 1 aromatic heterocycles. The van der Waals surface area contributed by atoms with Crippen molar-refractivity contribution in [1.29, 1.82) is 0 Å². The molecule has 0 radical (unpaired) electrons. The largest absolute Gasteiger partial charge is 0.356 e. The summed E-state index contributed by atoms with van der Waals surface area (Å²) < 4.78 is 0. The van der Waals surface area contributed by atoms with Crippen molar-refractivity contribution in [3.63, 3.8) is 0 Å². The number of rotatable bonds is 5. The molecular formula is C15H27N5. The van der Waals surface area contributed by atoms with Crippen LogP contribution in [0.15, 0.2) is 0 Å². The molecule has 5 nitrogen and oxygen atoms in total. The zero-order valence-electron chi connectivity index (χ0n) is 13.2. The average Bonchev–Trinajstić information content (AvgIpc) is 2.92. The standard InChI is InChI=1S/C15H27N5/c1-5-12-17-13(19-16)11(4)14(18-12)20-9-8-15(6-2,7-3)10-20/h5-10,16H2,1-4H3,(H,17,18,19). The third-order valence-corrected chi connectivity index (χ3v) is 4.86. The molecule has 0 unspecified atom stereocenters. The maximum Gasteiger partial charge on any atom is 0.148 e. The summed E-state index contributed by atoms with van der Waals surface area (Å²) in [5.41, 5.74) is 4.20. The van der Waals surface area contributed by atoms with Crippen LogP contribution in [-0.4, -0.2) is 23.1 Å². The third-order valence-electron chi connectivity index (χ3n) is 4.86. The Hall–Kier alpha value is -1.36. The molecule has 0 atom stereocenters. The highest BCUT2D eigenvalue weighted by Crippen LogP contribution is 2.39. The van der Waals surface area contributed by atoms with Gasteiger partial charge in [0.25, 0.3) is 0 Å². The highest BCUT2D eigenvalue weighted by atomic mass is 15.3. The number of aromatic nitrogens is 2. The van der Waals surface area contributed by atoms with E-state index in [9.17, 15) is 0 Å². The van der Waals surface area contributed by atoms with Crippen molar-refractivity contribution in [2.75, 3.05) is 23.4 Å². The number of hydrazine groups is 1. The van der Waals surface area contributed by atoms with Gasteiger partial charge < -0.3 is 10.3 Å². The number of hydrogen-bond acceptors (Lipinski definition) is 5. The minimum atomic E-state index is 0.445. The minimum Gasteiger partial charge on any atom is -0.356 e. The lowest BCUT2D eigenvalue weighted by Gasteiger charge is -2.27. The first kappa shape index (κ1) is 15.0. The molecular weight excluding hydrogens is 250 g/mol. The minimum absolute atomic E-state index is 0.445. The summed E-state index contributed by atoms with van der Waals surface area (Å²) in [6.45, 7) is 10.9. The third kappa shape index (κ3) is 2.59. The number of aryl methyl sites for hydroxylation is 1. The Morgan fingerprint density at radius 3 is 2.45 bits per heavy atom. The molecule has 1 aromatic rings. The molecule has 5 heteroatoms. The highest BCUT2D eigenvalue weighted by Gasteiger charge is 2.36. The first-order chi connectivity index (χ1) is 9.59.